The lowest BCUT2D eigenvalue weighted by Crippen LogP contribution is -2.25. The van der Waals surface area contributed by atoms with E-state index in [1.54, 1.807) is 65.1 Å². The summed E-state index contributed by atoms with van der Waals surface area (Å²) in [7, 11) is 0. The molecule has 0 saturated heterocycles. The van der Waals surface area contributed by atoms with E-state index in [0.717, 1.165) is 5.56 Å². The van der Waals surface area contributed by atoms with E-state index >= 15 is 0 Å². The van der Waals surface area contributed by atoms with E-state index in [-0.39, 0.29) is 5.56 Å². The van der Waals surface area contributed by atoms with Gasteiger partial charge in [-0.3, -0.25) is 0 Å². The van der Waals surface area contributed by atoms with E-state index in [9.17, 15) is 9.90 Å². The van der Waals surface area contributed by atoms with Gasteiger partial charge in [-0.25, -0.2) is 29.4 Å². The molecule has 0 fully saturated rings. The minimum atomic E-state index is -0.985. The summed E-state index contributed by atoms with van der Waals surface area (Å²) in [5.74, 6) is -0.563. The predicted molar refractivity (Wildman–Crippen MR) is 79.9 cm³/mol. The summed E-state index contributed by atoms with van der Waals surface area (Å²) in [4.78, 5) is 23.8. The Morgan fingerprint density at radius 1 is 1.23 bits per heavy atom. The number of hydrogen-bond acceptors (Lipinski definition) is 5. The normalized spacial score (nSPS) is 10.4. The summed E-state index contributed by atoms with van der Waals surface area (Å²) >= 11 is 0. The minimum Gasteiger partial charge on any atom is -0.478 e. The first-order valence-corrected chi connectivity index (χ1v) is 6.56. The molecule has 0 unspecified atom stereocenters. The lowest BCUT2D eigenvalue weighted by Gasteiger charge is -2.24. The molecule has 2 heterocycles. The number of benzene rings is 1. The summed E-state index contributed by atoms with van der Waals surface area (Å²) in [6.45, 7) is 1.90. The maximum atomic E-state index is 11.2. The van der Waals surface area contributed by atoms with Crippen molar-refractivity contribution in [2.24, 2.45) is 0 Å². The Morgan fingerprint density at radius 3 is 2.64 bits per heavy atom. The molecule has 3 rings (SSSR count). The van der Waals surface area contributed by atoms with Crippen molar-refractivity contribution in [3.8, 4) is 0 Å². The Hall–Kier alpha value is -3.22. The van der Waals surface area contributed by atoms with Crippen molar-refractivity contribution in [3.05, 3.63) is 66.5 Å². The summed E-state index contributed by atoms with van der Waals surface area (Å²) in [5, 5.41) is 10.9. The lowest BCUT2D eigenvalue weighted by molar-refractivity contribution is 0.0697. The number of anilines is 2. The number of carboxylic acid groups (broad SMARTS) is 1. The largest absolute Gasteiger partial charge is 0.478 e. The second-order valence-electron chi connectivity index (χ2n) is 4.61. The van der Waals surface area contributed by atoms with Crippen LogP contribution in [0.5, 0.6) is 0 Å². The van der Waals surface area contributed by atoms with Gasteiger partial charge in [0, 0.05) is 24.8 Å². The fourth-order valence-corrected chi connectivity index (χ4v) is 2.08. The van der Waals surface area contributed by atoms with Crippen molar-refractivity contribution >= 4 is 17.6 Å². The number of aryl methyl sites for hydroxylation is 1. The highest BCUT2D eigenvalue weighted by molar-refractivity contribution is 5.89. The molecule has 0 bridgehead atoms. The molecular weight excluding hydrogens is 282 g/mol. The van der Waals surface area contributed by atoms with Gasteiger partial charge >= 0.3 is 5.97 Å². The fourth-order valence-electron chi connectivity index (χ4n) is 2.08. The number of imidazole rings is 1. The van der Waals surface area contributed by atoms with Gasteiger partial charge in [0.2, 0.25) is 5.95 Å². The van der Waals surface area contributed by atoms with Crippen molar-refractivity contribution in [1.82, 2.24) is 19.6 Å². The molecule has 110 valence electrons. The monoisotopic (exact) mass is 295 g/mol. The Labute approximate surface area is 126 Å². The van der Waals surface area contributed by atoms with Crippen LogP contribution in [0.25, 0.3) is 0 Å². The third kappa shape index (κ3) is 2.51. The number of carbonyl (C=O) groups is 1. The van der Waals surface area contributed by atoms with Gasteiger partial charge in [-0.05, 0) is 30.7 Å². The van der Waals surface area contributed by atoms with Crippen LogP contribution in [0.15, 0.2) is 55.4 Å². The van der Waals surface area contributed by atoms with Gasteiger partial charge in [0.05, 0.1) is 11.3 Å². The van der Waals surface area contributed by atoms with Crippen LogP contribution in [-0.2, 0) is 0 Å². The van der Waals surface area contributed by atoms with E-state index in [0.29, 0.717) is 11.6 Å². The average molecular weight is 295 g/mol. The third-order valence-electron chi connectivity index (χ3n) is 3.15. The molecule has 2 aromatic heterocycles. The van der Waals surface area contributed by atoms with Crippen molar-refractivity contribution in [3.63, 3.8) is 0 Å². The van der Waals surface area contributed by atoms with Crippen LogP contribution in [-0.4, -0.2) is 30.7 Å². The first-order valence-electron chi connectivity index (χ1n) is 6.56. The number of rotatable bonds is 4. The van der Waals surface area contributed by atoms with Crippen LogP contribution >= 0.6 is 0 Å². The molecule has 1 aromatic carbocycles. The van der Waals surface area contributed by atoms with E-state index in [1.165, 1.54) is 0 Å². The number of hydrogen-bond donors (Lipinski definition) is 1. The van der Waals surface area contributed by atoms with Crippen molar-refractivity contribution < 1.29 is 9.90 Å². The zero-order valence-electron chi connectivity index (χ0n) is 11.8. The van der Waals surface area contributed by atoms with Crippen molar-refractivity contribution in [1.29, 1.82) is 0 Å². The highest BCUT2D eigenvalue weighted by atomic mass is 16.4. The van der Waals surface area contributed by atoms with E-state index < -0.39 is 5.97 Å². The van der Waals surface area contributed by atoms with Crippen LogP contribution in [0.1, 0.15) is 15.9 Å². The Kier molecular flexibility index (Phi) is 3.53. The summed E-state index contributed by atoms with van der Waals surface area (Å²) < 4.78 is 1.70. The smallest absolute Gasteiger partial charge is 0.335 e. The molecule has 0 aliphatic carbocycles. The van der Waals surface area contributed by atoms with Gasteiger partial charge < -0.3 is 5.11 Å². The number of aromatic carboxylic acids is 1. The van der Waals surface area contributed by atoms with Gasteiger partial charge in [0.1, 0.15) is 6.33 Å². The molecule has 22 heavy (non-hydrogen) atoms. The van der Waals surface area contributed by atoms with Crippen LogP contribution in [0.3, 0.4) is 0 Å². The first kappa shape index (κ1) is 13.7. The number of aromatic nitrogens is 4. The SMILES string of the molecule is Cc1ccc(C(=O)O)cc1N(c1ncccn1)n1ccnc1. The molecule has 0 aliphatic heterocycles. The first-order chi connectivity index (χ1) is 10.7. The minimum absolute atomic E-state index is 0.196. The highest BCUT2D eigenvalue weighted by Crippen LogP contribution is 2.27. The van der Waals surface area contributed by atoms with Crippen LogP contribution < -0.4 is 5.01 Å². The molecule has 0 radical (unpaired) electrons. The molecule has 7 nitrogen and oxygen atoms in total. The maximum absolute atomic E-state index is 11.2. The quantitative estimate of drug-likeness (QED) is 0.795. The van der Waals surface area contributed by atoms with Gasteiger partial charge in [-0.2, -0.15) is 0 Å². The van der Waals surface area contributed by atoms with E-state index in [2.05, 4.69) is 15.0 Å². The van der Waals surface area contributed by atoms with Crippen LogP contribution in [0, 0.1) is 6.92 Å². The zero-order chi connectivity index (χ0) is 15.5. The average Bonchev–Trinajstić information content (AvgIpc) is 3.04. The van der Waals surface area contributed by atoms with Crippen molar-refractivity contribution in [2.75, 3.05) is 5.01 Å². The van der Waals surface area contributed by atoms with Gasteiger partial charge in [-0.15, -0.1) is 0 Å². The molecule has 0 atom stereocenters. The molecule has 0 aliphatic rings. The lowest BCUT2D eigenvalue weighted by atomic mass is 10.1. The third-order valence-corrected chi connectivity index (χ3v) is 3.15. The van der Waals surface area contributed by atoms with Crippen molar-refractivity contribution in [2.45, 2.75) is 6.92 Å². The van der Waals surface area contributed by atoms with Gasteiger partial charge in [0.25, 0.3) is 0 Å². The second-order valence-corrected chi connectivity index (χ2v) is 4.61. The van der Waals surface area contributed by atoms with Crippen LogP contribution in [0.2, 0.25) is 0 Å². The summed E-state index contributed by atoms with van der Waals surface area (Å²) in [5.41, 5.74) is 1.76. The number of carboxylic acids is 1. The highest BCUT2D eigenvalue weighted by Gasteiger charge is 2.18. The number of nitrogens with zero attached hydrogens (tertiary/aromatic N) is 5. The van der Waals surface area contributed by atoms with Crippen LogP contribution in [0.4, 0.5) is 11.6 Å². The Bertz CT molecular complexity index is 787. The zero-order valence-corrected chi connectivity index (χ0v) is 11.8. The van der Waals surface area contributed by atoms with E-state index in [1.807, 2.05) is 6.92 Å². The van der Waals surface area contributed by atoms with Gasteiger partial charge in [-0.1, -0.05) is 6.07 Å². The summed E-state index contributed by atoms with van der Waals surface area (Å²) in [6.07, 6.45) is 8.23. The molecule has 0 spiro atoms. The molecule has 0 amide bonds. The maximum Gasteiger partial charge on any atom is 0.335 e. The Morgan fingerprint density at radius 2 is 2.00 bits per heavy atom. The standard InChI is InChI=1S/C15H13N5O2/c1-11-3-4-12(14(21)22)9-13(11)20(19-8-7-16-10-19)15-17-5-2-6-18-15/h2-10H,1H3,(H,21,22). The molecule has 7 heteroatoms. The Balaban J connectivity index is 2.19. The second kappa shape index (κ2) is 5.65. The topological polar surface area (TPSA) is 84.1 Å². The fraction of sp³-hybridized carbons (Fsp3) is 0.0667. The van der Waals surface area contributed by atoms with Gasteiger partial charge in [0.15, 0.2) is 0 Å². The molecular formula is C15H13N5O2. The molecule has 1 N–H and O–H groups in total. The summed E-state index contributed by atoms with van der Waals surface area (Å²) in [6, 6.07) is 6.63. The predicted octanol–water partition coefficient (Wildman–Crippen LogP) is 2.28. The molecule has 0 saturated carbocycles. The molecule has 3 aromatic rings. The van der Waals surface area contributed by atoms with E-state index in [4.69, 9.17) is 0 Å².